The highest BCUT2D eigenvalue weighted by atomic mass is 32.2. The second-order valence-corrected chi connectivity index (χ2v) is 6.49. The summed E-state index contributed by atoms with van der Waals surface area (Å²) in [5.41, 5.74) is 0. The van der Waals surface area contributed by atoms with Crippen LogP contribution in [0.4, 0.5) is 0 Å². The molecular formula is C10H20N2O2S. The summed E-state index contributed by atoms with van der Waals surface area (Å²) in [6, 6.07) is 1.71. The van der Waals surface area contributed by atoms with Crippen molar-refractivity contribution >= 4 is 10.0 Å². The van der Waals surface area contributed by atoms with Crippen LogP contribution >= 0.6 is 0 Å². The smallest absolute Gasteiger partial charge is 0.211 e. The molecule has 0 radical (unpaired) electrons. The number of rotatable bonds is 6. The molecule has 0 aromatic heterocycles. The number of nitrogens with zero attached hydrogens (tertiary/aromatic N) is 2. The van der Waals surface area contributed by atoms with E-state index in [1.807, 2.05) is 27.7 Å². The molecule has 0 aliphatic rings. The van der Waals surface area contributed by atoms with Crippen LogP contribution in [0, 0.1) is 23.2 Å². The van der Waals surface area contributed by atoms with E-state index >= 15 is 0 Å². The van der Waals surface area contributed by atoms with E-state index in [1.54, 1.807) is 6.07 Å². The van der Waals surface area contributed by atoms with E-state index in [9.17, 15) is 8.42 Å². The highest BCUT2D eigenvalue weighted by molar-refractivity contribution is 7.89. The van der Waals surface area contributed by atoms with E-state index in [1.165, 1.54) is 4.31 Å². The van der Waals surface area contributed by atoms with E-state index in [0.717, 1.165) is 0 Å². The lowest BCUT2D eigenvalue weighted by molar-refractivity contribution is 0.334. The molecular weight excluding hydrogens is 212 g/mol. The first-order valence-electron chi connectivity index (χ1n) is 5.14. The van der Waals surface area contributed by atoms with Crippen LogP contribution in [0.15, 0.2) is 0 Å². The molecule has 0 amide bonds. The standard InChI is InChI=1S/C10H20N2O2S/c1-9(2)7-12(8-10(3)4)15(13,14)6-5-11/h9-10H,6-8H2,1-4H3. The summed E-state index contributed by atoms with van der Waals surface area (Å²) in [7, 11) is -3.39. The fourth-order valence-electron chi connectivity index (χ4n) is 1.29. The summed E-state index contributed by atoms with van der Waals surface area (Å²) < 4.78 is 24.8. The van der Waals surface area contributed by atoms with Crippen molar-refractivity contribution in [1.29, 1.82) is 5.26 Å². The molecule has 0 aliphatic carbocycles. The highest BCUT2D eigenvalue weighted by Gasteiger charge is 2.23. The lowest BCUT2D eigenvalue weighted by Gasteiger charge is -2.24. The summed E-state index contributed by atoms with van der Waals surface area (Å²) in [5.74, 6) is 0.126. The van der Waals surface area contributed by atoms with Gasteiger partial charge in [-0.05, 0) is 11.8 Å². The van der Waals surface area contributed by atoms with Gasteiger partial charge in [0, 0.05) is 13.1 Å². The van der Waals surface area contributed by atoms with Gasteiger partial charge < -0.3 is 0 Å². The largest absolute Gasteiger partial charge is 0.227 e. The predicted octanol–water partition coefficient (Wildman–Crippen LogP) is 1.45. The summed E-state index contributed by atoms with van der Waals surface area (Å²) >= 11 is 0. The Morgan fingerprint density at radius 1 is 1.13 bits per heavy atom. The summed E-state index contributed by atoms with van der Waals surface area (Å²) in [6.45, 7) is 8.85. The number of hydrogen-bond donors (Lipinski definition) is 0. The average molecular weight is 232 g/mol. The van der Waals surface area contributed by atoms with Gasteiger partial charge in [-0.2, -0.15) is 5.26 Å². The Morgan fingerprint density at radius 3 is 1.80 bits per heavy atom. The molecule has 0 fully saturated rings. The quantitative estimate of drug-likeness (QED) is 0.696. The van der Waals surface area contributed by atoms with Crippen LogP contribution in [0.25, 0.3) is 0 Å². The van der Waals surface area contributed by atoms with Crippen molar-refractivity contribution in [3.05, 3.63) is 0 Å². The Labute approximate surface area is 92.9 Å². The maximum atomic E-state index is 11.7. The third-order valence-corrected chi connectivity index (χ3v) is 3.36. The van der Waals surface area contributed by atoms with Gasteiger partial charge in [0.1, 0.15) is 0 Å². The number of nitriles is 1. The summed E-state index contributed by atoms with van der Waals surface area (Å²) in [5, 5.41) is 8.46. The van der Waals surface area contributed by atoms with Crippen molar-refractivity contribution in [3.63, 3.8) is 0 Å². The predicted molar refractivity (Wildman–Crippen MR) is 60.6 cm³/mol. The zero-order valence-electron chi connectivity index (χ0n) is 9.90. The Balaban J connectivity index is 4.70. The number of sulfonamides is 1. The third kappa shape index (κ3) is 5.75. The zero-order valence-corrected chi connectivity index (χ0v) is 10.7. The van der Waals surface area contributed by atoms with Crippen LogP contribution in [0.5, 0.6) is 0 Å². The fourth-order valence-corrected chi connectivity index (χ4v) is 2.69. The SMILES string of the molecule is CC(C)CN(CC(C)C)S(=O)(=O)CC#N. The first-order valence-corrected chi connectivity index (χ1v) is 6.75. The second-order valence-electron chi connectivity index (χ2n) is 4.52. The van der Waals surface area contributed by atoms with Crippen molar-refractivity contribution in [2.45, 2.75) is 27.7 Å². The van der Waals surface area contributed by atoms with Gasteiger partial charge in [-0.3, -0.25) is 0 Å². The van der Waals surface area contributed by atoms with Crippen LogP contribution in [0.1, 0.15) is 27.7 Å². The summed E-state index contributed by atoms with van der Waals surface area (Å²) in [6.07, 6.45) is 0. The van der Waals surface area contributed by atoms with Crippen molar-refractivity contribution in [1.82, 2.24) is 4.31 Å². The minimum absolute atomic E-state index is 0.275. The van der Waals surface area contributed by atoms with Gasteiger partial charge >= 0.3 is 0 Å². The minimum atomic E-state index is -3.39. The molecule has 0 aromatic carbocycles. The molecule has 5 heteroatoms. The Morgan fingerprint density at radius 2 is 1.53 bits per heavy atom. The molecule has 4 nitrogen and oxygen atoms in total. The normalized spacial score (nSPS) is 12.4. The van der Waals surface area contributed by atoms with Crippen LogP contribution < -0.4 is 0 Å². The minimum Gasteiger partial charge on any atom is -0.211 e. The third-order valence-electron chi connectivity index (χ3n) is 1.78. The van der Waals surface area contributed by atoms with Crippen molar-refractivity contribution in [2.24, 2.45) is 11.8 Å². The second kappa shape index (κ2) is 6.09. The molecule has 0 saturated heterocycles. The molecule has 0 saturated carbocycles. The molecule has 88 valence electrons. The lowest BCUT2D eigenvalue weighted by Crippen LogP contribution is -2.38. The maximum Gasteiger partial charge on any atom is 0.227 e. The molecule has 15 heavy (non-hydrogen) atoms. The molecule has 0 aliphatic heterocycles. The van der Waals surface area contributed by atoms with Crippen molar-refractivity contribution in [3.8, 4) is 6.07 Å². The van der Waals surface area contributed by atoms with E-state index in [4.69, 9.17) is 5.26 Å². The fraction of sp³-hybridized carbons (Fsp3) is 0.900. The van der Waals surface area contributed by atoms with Crippen LogP contribution in [-0.2, 0) is 10.0 Å². The molecule has 0 rings (SSSR count). The van der Waals surface area contributed by atoms with Gasteiger partial charge in [0.05, 0.1) is 6.07 Å². The number of hydrogen-bond acceptors (Lipinski definition) is 3. The van der Waals surface area contributed by atoms with Crippen molar-refractivity contribution < 1.29 is 8.42 Å². The van der Waals surface area contributed by atoms with Gasteiger partial charge in [-0.1, -0.05) is 27.7 Å². The van der Waals surface area contributed by atoms with Gasteiger partial charge in [0.25, 0.3) is 0 Å². The molecule has 0 bridgehead atoms. The Kier molecular flexibility index (Phi) is 5.84. The first-order chi connectivity index (χ1) is 6.79. The van der Waals surface area contributed by atoms with E-state index in [-0.39, 0.29) is 11.8 Å². The molecule has 0 spiro atoms. The van der Waals surface area contributed by atoms with E-state index in [0.29, 0.717) is 13.1 Å². The van der Waals surface area contributed by atoms with Crippen LogP contribution in [0.3, 0.4) is 0 Å². The zero-order chi connectivity index (χ0) is 12.1. The van der Waals surface area contributed by atoms with Gasteiger partial charge in [-0.25, -0.2) is 12.7 Å². The van der Waals surface area contributed by atoms with Crippen LogP contribution in [0.2, 0.25) is 0 Å². The molecule has 0 heterocycles. The van der Waals surface area contributed by atoms with Gasteiger partial charge in [0.15, 0.2) is 5.75 Å². The molecule has 0 N–H and O–H groups in total. The van der Waals surface area contributed by atoms with Gasteiger partial charge in [-0.15, -0.1) is 0 Å². The van der Waals surface area contributed by atoms with E-state index < -0.39 is 15.8 Å². The molecule has 0 unspecified atom stereocenters. The highest BCUT2D eigenvalue weighted by Crippen LogP contribution is 2.09. The topological polar surface area (TPSA) is 61.2 Å². The Hall–Kier alpha value is -0.600. The molecule has 0 aromatic rings. The van der Waals surface area contributed by atoms with E-state index in [2.05, 4.69) is 0 Å². The van der Waals surface area contributed by atoms with Crippen LogP contribution in [-0.4, -0.2) is 31.6 Å². The lowest BCUT2D eigenvalue weighted by atomic mass is 10.2. The maximum absolute atomic E-state index is 11.7. The monoisotopic (exact) mass is 232 g/mol. The van der Waals surface area contributed by atoms with Gasteiger partial charge in [0.2, 0.25) is 10.0 Å². The molecule has 0 atom stereocenters. The summed E-state index contributed by atoms with van der Waals surface area (Å²) in [4.78, 5) is 0. The first kappa shape index (κ1) is 14.4. The Bertz CT molecular complexity index is 305. The van der Waals surface area contributed by atoms with Crippen molar-refractivity contribution in [2.75, 3.05) is 18.8 Å². The average Bonchev–Trinajstić information content (AvgIpc) is 2.00.